The average Bonchev–Trinajstić information content (AvgIpc) is 3.03. The van der Waals surface area contributed by atoms with Gasteiger partial charge in [0.25, 0.3) is 0 Å². The van der Waals surface area contributed by atoms with E-state index in [1.54, 1.807) is 6.26 Å². The molecule has 2 heteroatoms. The van der Waals surface area contributed by atoms with E-state index >= 15 is 0 Å². The molecule has 20 heavy (non-hydrogen) atoms. The van der Waals surface area contributed by atoms with Gasteiger partial charge in [0.05, 0.1) is 11.1 Å². The quantitative estimate of drug-likeness (QED) is 0.588. The summed E-state index contributed by atoms with van der Waals surface area (Å²) in [7, 11) is 0. The van der Waals surface area contributed by atoms with Crippen LogP contribution in [-0.2, 0) is 6.42 Å². The monoisotopic (exact) mass is 326 g/mol. The van der Waals surface area contributed by atoms with Crippen molar-refractivity contribution in [3.8, 4) is 0 Å². The summed E-state index contributed by atoms with van der Waals surface area (Å²) in [6.07, 6.45) is 2.67. The number of halogens is 1. The SMILES string of the molecule is BrC(c1ccc(Cc2ccccc2)cc1)c1ccco1. The van der Waals surface area contributed by atoms with Gasteiger partial charge < -0.3 is 4.42 Å². The van der Waals surface area contributed by atoms with E-state index < -0.39 is 0 Å². The predicted molar refractivity (Wildman–Crippen MR) is 85.2 cm³/mol. The Bertz CT molecular complexity index is 642. The lowest BCUT2D eigenvalue weighted by atomic mass is 10.0. The molecule has 0 spiro atoms. The van der Waals surface area contributed by atoms with E-state index in [2.05, 4.69) is 64.5 Å². The minimum atomic E-state index is 0.114. The van der Waals surface area contributed by atoms with Crippen LogP contribution in [0.4, 0.5) is 0 Å². The number of alkyl halides is 1. The summed E-state index contributed by atoms with van der Waals surface area (Å²) in [5.41, 5.74) is 3.86. The number of furan rings is 1. The Hall–Kier alpha value is -1.80. The van der Waals surface area contributed by atoms with E-state index in [0.29, 0.717) is 0 Å². The Morgan fingerprint density at radius 3 is 2.15 bits per heavy atom. The van der Waals surface area contributed by atoms with E-state index in [-0.39, 0.29) is 4.83 Å². The van der Waals surface area contributed by atoms with Crippen molar-refractivity contribution in [3.63, 3.8) is 0 Å². The highest BCUT2D eigenvalue weighted by Gasteiger charge is 2.12. The summed E-state index contributed by atoms with van der Waals surface area (Å²) in [6.45, 7) is 0. The highest BCUT2D eigenvalue weighted by molar-refractivity contribution is 9.09. The van der Waals surface area contributed by atoms with Gasteiger partial charge in [-0.1, -0.05) is 70.5 Å². The lowest BCUT2D eigenvalue weighted by molar-refractivity contribution is 0.519. The first-order valence-corrected chi connectivity index (χ1v) is 7.55. The van der Waals surface area contributed by atoms with E-state index in [9.17, 15) is 0 Å². The first-order valence-electron chi connectivity index (χ1n) is 6.63. The van der Waals surface area contributed by atoms with E-state index in [1.807, 2.05) is 18.2 Å². The van der Waals surface area contributed by atoms with Crippen LogP contribution in [0, 0.1) is 0 Å². The molecular formula is C18H15BrO. The van der Waals surface area contributed by atoms with Crippen molar-refractivity contribution in [1.29, 1.82) is 0 Å². The molecule has 0 fully saturated rings. The van der Waals surface area contributed by atoms with Crippen molar-refractivity contribution < 1.29 is 4.42 Å². The molecule has 3 rings (SSSR count). The van der Waals surface area contributed by atoms with Crippen molar-refractivity contribution in [2.24, 2.45) is 0 Å². The molecule has 0 N–H and O–H groups in total. The van der Waals surface area contributed by atoms with Gasteiger partial charge in [-0.2, -0.15) is 0 Å². The maximum atomic E-state index is 5.43. The molecule has 0 saturated heterocycles. The van der Waals surface area contributed by atoms with E-state index in [0.717, 1.165) is 12.2 Å². The molecule has 0 bridgehead atoms. The van der Waals surface area contributed by atoms with Gasteiger partial charge in [0.1, 0.15) is 5.76 Å². The van der Waals surface area contributed by atoms with Gasteiger partial charge in [0.2, 0.25) is 0 Å². The van der Waals surface area contributed by atoms with E-state index in [4.69, 9.17) is 4.42 Å². The van der Waals surface area contributed by atoms with Crippen molar-refractivity contribution in [3.05, 3.63) is 95.4 Å². The Kier molecular flexibility index (Phi) is 4.03. The molecule has 0 radical (unpaired) electrons. The molecule has 1 unspecified atom stereocenters. The van der Waals surface area contributed by atoms with Gasteiger partial charge in [-0.15, -0.1) is 0 Å². The molecule has 1 nitrogen and oxygen atoms in total. The van der Waals surface area contributed by atoms with Crippen LogP contribution in [0.25, 0.3) is 0 Å². The van der Waals surface area contributed by atoms with Gasteiger partial charge in [-0.05, 0) is 35.2 Å². The van der Waals surface area contributed by atoms with Crippen molar-refractivity contribution in [2.45, 2.75) is 11.2 Å². The topological polar surface area (TPSA) is 13.1 Å². The second-order valence-electron chi connectivity index (χ2n) is 4.78. The molecular weight excluding hydrogens is 312 g/mol. The zero-order valence-corrected chi connectivity index (χ0v) is 12.6. The largest absolute Gasteiger partial charge is 0.468 e. The van der Waals surface area contributed by atoms with Crippen molar-refractivity contribution >= 4 is 15.9 Å². The van der Waals surface area contributed by atoms with Crippen LogP contribution in [0.3, 0.4) is 0 Å². The first-order chi connectivity index (χ1) is 9.83. The standard InChI is InChI=1S/C18H15BrO/c19-18(17-7-4-12-20-17)16-10-8-15(9-11-16)13-14-5-2-1-3-6-14/h1-12,18H,13H2. The number of benzene rings is 2. The molecule has 0 aliphatic rings. The summed E-state index contributed by atoms with van der Waals surface area (Å²) >= 11 is 3.67. The summed E-state index contributed by atoms with van der Waals surface area (Å²) < 4.78 is 5.43. The zero-order chi connectivity index (χ0) is 13.8. The average molecular weight is 327 g/mol. The van der Waals surface area contributed by atoms with Crippen LogP contribution >= 0.6 is 15.9 Å². The highest BCUT2D eigenvalue weighted by Crippen LogP contribution is 2.31. The molecule has 1 aromatic heterocycles. The van der Waals surface area contributed by atoms with Crippen LogP contribution in [0.15, 0.2) is 77.4 Å². The van der Waals surface area contributed by atoms with Crippen LogP contribution in [0.1, 0.15) is 27.3 Å². The summed E-state index contributed by atoms with van der Waals surface area (Å²) in [6, 6.07) is 23.1. The minimum Gasteiger partial charge on any atom is -0.468 e. The highest BCUT2D eigenvalue weighted by atomic mass is 79.9. The van der Waals surface area contributed by atoms with Gasteiger partial charge in [0, 0.05) is 0 Å². The van der Waals surface area contributed by atoms with Crippen LogP contribution < -0.4 is 0 Å². The Labute approximate surface area is 127 Å². The van der Waals surface area contributed by atoms with Gasteiger partial charge in [0.15, 0.2) is 0 Å². The molecule has 0 aliphatic heterocycles. The zero-order valence-electron chi connectivity index (χ0n) is 11.0. The number of rotatable bonds is 4. The predicted octanol–water partition coefficient (Wildman–Crippen LogP) is 5.35. The Balaban J connectivity index is 1.75. The molecule has 0 amide bonds. The fraction of sp³-hybridized carbons (Fsp3) is 0.111. The molecule has 0 aliphatic carbocycles. The van der Waals surface area contributed by atoms with Gasteiger partial charge in [-0.3, -0.25) is 0 Å². The Morgan fingerprint density at radius 2 is 1.50 bits per heavy atom. The third-order valence-corrected chi connectivity index (χ3v) is 4.30. The summed E-state index contributed by atoms with van der Waals surface area (Å²) in [4.78, 5) is 0.114. The van der Waals surface area contributed by atoms with Gasteiger partial charge in [-0.25, -0.2) is 0 Å². The summed E-state index contributed by atoms with van der Waals surface area (Å²) in [5.74, 6) is 0.931. The number of hydrogen-bond donors (Lipinski definition) is 0. The smallest absolute Gasteiger partial charge is 0.121 e. The van der Waals surface area contributed by atoms with Crippen LogP contribution in [-0.4, -0.2) is 0 Å². The lowest BCUT2D eigenvalue weighted by Gasteiger charge is -2.08. The molecule has 1 atom stereocenters. The Morgan fingerprint density at radius 1 is 0.800 bits per heavy atom. The van der Waals surface area contributed by atoms with E-state index in [1.165, 1.54) is 16.7 Å². The van der Waals surface area contributed by atoms with Crippen LogP contribution in [0.5, 0.6) is 0 Å². The molecule has 0 saturated carbocycles. The van der Waals surface area contributed by atoms with Crippen LogP contribution in [0.2, 0.25) is 0 Å². The van der Waals surface area contributed by atoms with Gasteiger partial charge >= 0.3 is 0 Å². The third-order valence-electron chi connectivity index (χ3n) is 3.32. The second kappa shape index (κ2) is 6.10. The maximum absolute atomic E-state index is 5.43. The minimum absolute atomic E-state index is 0.114. The second-order valence-corrected chi connectivity index (χ2v) is 5.70. The normalized spacial score (nSPS) is 12.2. The molecule has 3 aromatic rings. The lowest BCUT2D eigenvalue weighted by Crippen LogP contribution is -1.92. The fourth-order valence-corrected chi connectivity index (χ4v) is 2.80. The number of hydrogen-bond acceptors (Lipinski definition) is 1. The molecule has 2 aromatic carbocycles. The molecule has 100 valence electrons. The van der Waals surface area contributed by atoms with Crippen molar-refractivity contribution in [2.75, 3.05) is 0 Å². The van der Waals surface area contributed by atoms with Crippen molar-refractivity contribution in [1.82, 2.24) is 0 Å². The summed E-state index contributed by atoms with van der Waals surface area (Å²) in [5, 5.41) is 0. The first kappa shape index (κ1) is 13.2. The third kappa shape index (κ3) is 3.02. The maximum Gasteiger partial charge on any atom is 0.121 e. The molecule has 1 heterocycles. The fourth-order valence-electron chi connectivity index (χ4n) is 2.24.